The number of carbonyl (C=O) groups is 4. The summed E-state index contributed by atoms with van der Waals surface area (Å²) < 4.78 is 219. The highest BCUT2D eigenvalue weighted by Gasteiger charge is 2.42. The maximum absolute atomic E-state index is 13.4. The first-order valence-electron chi connectivity index (χ1n) is 46.9. The van der Waals surface area contributed by atoms with Gasteiger partial charge in [0.05, 0.1) is 67.8 Å². The molecule has 2 aliphatic carbocycles. The number of aryl methyl sites for hydroxylation is 4. The van der Waals surface area contributed by atoms with Gasteiger partial charge >= 0.3 is 48.8 Å². The van der Waals surface area contributed by atoms with Crippen molar-refractivity contribution in [2.24, 2.45) is 28.2 Å². The number of piperidine rings is 4. The third-order valence-electron chi connectivity index (χ3n) is 27.0. The van der Waals surface area contributed by atoms with Gasteiger partial charge in [-0.2, -0.15) is 73.1 Å². The van der Waals surface area contributed by atoms with Gasteiger partial charge in [-0.05, 0) is 229 Å². The van der Waals surface area contributed by atoms with E-state index in [9.17, 15) is 89.4 Å². The number of hydrogen-bond donors (Lipinski definition) is 6. The molecule has 4 saturated heterocycles. The first kappa shape index (κ1) is 103. The molecule has 6 aliphatic rings. The van der Waals surface area contributed by atoms with E-state index < -0.39 is 117 Å². The second kappa shape index (κ2) is 43.3. The van der Waals surface area contributed by atoms with Crippen molar-refractivity contribution < 1.29 is 89.4 Å². The molecule has 0 saturated carbocycles. The van der Waals surface area contributed by atoms with Gasteiger partial charge in [0.1, 0.15) is 46.0 Å². The topological polar surface area (TPSA) is 347 Å². The standard InChI is InChI=1S/C25H24F4N8O.C25H27F4N7O.C24H25F4N7O.C23H25F4N7O/c1-35(24(38)32-20-4-3-15(26)13-19(20)25(27,28)29)16-7-11-37(12-8-16)23-18-14-30-9-5-17(18)22(33-34-23)21-6-10-31-36(21)2;1-34(24(37)31-20-7-6-15(26)14-19(20)25(27,28)29)16-9-12-36(13-10-16)23-18-5-3-4-17(18)22(32-33-23)21-8-11-30-35(21)2;1-34-20(7-10-29-34)21-16-3-2-4-17(16)22(33-32-21)35-11-8-15(9-12-35)30-23(36)31-19-6-5-14(25)13-18(19)24(26,27)28;1-13-14(2)21(32-31-20(13)19-6-9-28-33(19)3)34-10-7-16(8-11-34)29-22(35)30-18-5-4-15(24)12-17(18)23(25,26)27/h3-6,9-10,13-14,16H,7-8,11-12H2,1-2H3,(H,32,38);6-8,11,14,16H,3-5,9-10,12-13H2,1-2H3,(H,31,37);5-7,10,13,15H,2-4,8-9,11-12H2,1H3,(H2,30,31,36);4-6,9,12,16H,7-8,10-11H2,1-3H3,(H2,29,30,35). The number of hydrogen-bond acceptors (Lipinski definition) is 21. The zero-order chi connectivity index (χ0) is 104. The third kappa shape index (κ3) is 23.3. The molecule has 0 bridgehead atoms. The number of urea groups is 4. The quantitative estimate of drug-likeness (QED) is 0.0489. The average molecular weight is 2040 g/mol. The monoisotopic (exact) mass is 2040 g/mol. The zero-order valence-electron chi connectivity index (χ0n) is 80.1. The maximum Gasteiger partial charge on any atom is 0.418 e. The van der Waals surface area contributed by atoms with Crippen molar-refractivity contribution in [1.82, 2.24) is 105 Å². The van der Waals surface area contributed by atoms with Gasteiger partial charge in [0.15, 0.2) is 23.3 Å². The number of pyridine rings is 1. The summed E-state index contributed by atoms with van der Waals surface area (Å²) in [6.45, 7) is 8.79. The van der Waals surface area contributed by atoms with Crippen LogP contribution < -0.4 is 51.5 Å². The van der Waals surface area contributed by atoms with Gasteiger partial charge in [-0.1, -0.05) is 0 Å². The van der Waals surface area contributed by atoms with E-state index in [0.717, 1.165) is 166 Å². The Hall–Kier alpha value is -15.4. The highest BCUT2D eigenvalue weighted by Crippen LogP contribution is 2.45. The Labute approximate surface area is 824 Å². The molecule has 6 N–H and O–H groups in total. The molecule has 4 fully saturated rings. The fraction of sp³-hybridized carbons (Fsp3) is 0.392. The molecule has 4 aromatic carbocycles. The number of alkyl halides is 12. The normalized spacial score (nSPS) is 15.4. The number of benzene rings is 4. The molecule has 13 aromatic rings. The molecule has 33 nitrogen and oxygen atoms in total. The van der Waals surface area contributed by atoms with Crippen LogP contribution in [0, 0.1) is 37.1 Å². The summed E-state index contributed by atoms with van der Waals surface area (Å²) in [5.41, 5.74) is 6.65. The van der Waals surface area contributed by atoms with E-state index in [1.54, 1.807) is 63.0 Å². The number of halogens is 16. The van der Waals surface area contributed by atoms with Crippen LogP contribution in [0.1, 0.15) is 120 Å². The Balaban J connectivity index is 0.000000139. The van der Waals surface area contributed by atoms with Crippen LogP contribution in [-0.2, 0) is 78.6 Å². The summed E-state index contributed by atoms with van der Waals surface area (Å²) in [7, 11) is 10.5. The second-order valence-electron chi connectivity index (χ2n) is 36.1. The van der Waals surface area contributed by atoms with Crippen LogP contribution in [0.15, 0.2) is 140 Å². The molecule has 9 aromatic heterocycles. The van der Waals surface area contributed by atoms with Crippen LogP contribution in [0.5, 0.6) is 0 Å². The van der Waals surface area contributed by atoms with Crippen molar-refractivity contribution in [3.8, 4) is 45.6 Å². The number of anilines is 8. The van der Waals surface area contributed by atoms with Gasteiger partial charge in [-0.25, -0.2) is 36.7 Å². The number of rotatable bonds is 16. The Morgan fingerprint density at radius 3 is 0.993 bits per heavy atom. The minimum absolute atomic E-state index is 0.166. The van der Waals surface area contributed by atoms with E-state index in [0.29, 0.717) is 140 Å². The maximum atomic E-state index is 13.4. The van der Waals surface area contributed by atoms with Crippen molar-refractivity contribution >= 4 is 80.9 Å². The van der Waals surface area contributed by atoms with Crippen molar-refractivity contribution in [2.75, 3.05) is 107 Å². The molecule has 146 heavy (non-hydrogen) atoms. The lowest BCUT2D eigenvalue weighted by molar-refractivity contribution is -0.137. The predicted molar refractivity (Wildman–Crippen MR) is 510 cm³/mol. The van der Waals surface area contributed by atoms with Gasteiger partial charge < -0.3 is 61.3 Å². The number of aromatic nitrogens is 17. The minimum atomic E-state index is -4.81. The van der Waals surface area contributed by atoms with Crippen LogP contribution in [-0.4, -0.2) is 209 Å². The Morgan fingerprint density at radius 2 is 0.637 bits per heavy atom. The Kier molecular flexibility index (Phi) is 30.7. The molecular formula is C97H101F16N29O4. The molecule has 0 spiro atoms. The van der Waals surface area contributed by atoms with Gasteiger partial charge in [0, 0.05) is 178 Å². The lowest BCUT2D eigenvalue weighted by atomic mass is 10.0. The van der Waals surface area contributed by atoms with Crippen LogP contribution in [0.25, 0.3) is 56.3 Å². The van der Waals surface area contributed by atoms with Crippen LogP contribution >= 0.6 is 0 Å². The van der Waals surface area contributed by atoms with E-state index in [1.165, 1.54) is 39.1 Å². The molecule has 8 amide bonds. The van der Waals surface area contributed by atoms with Crippen LogP contribution in [0.3, 0.4) is 0 Å². The molecule has 4 aliphatic heterocycles. The largest absolute Gasteiger partial charge is 0.418 e. The molecule has 19 rings (SSSR count). The second-order valence-corrected chi connectivity index (χ2v) is 36.1. The summed E-state index contributed by atoms with van der Waals surface area (Å²) >= 11 is 0. The van der Waals surface area contributed by atoms with E-state index in [-0.39, 0.29) is 24.2 Å². The SMILES string of the molecule is CN(C(=O)Nc1ccc(F)cc1C(F)(F)F)C1CCN(c2nnc(-c3ccnn3C)c3c2CCC3)CC1.CN(C(=O)Nc1ccc(F)cc1C(F)(F)F)C1CCN(c2nnc(-c3ccnn3C)c3ccncc23)CC1.Cc1c(-c2ccnn2C)nnc(N2CCC(NC(=O)Nc3ccc(F)cc3C(F)(F)F)CC2)c1C.Cn1nccc1-c1nnc(N2CCC(NC(=O)Nc3ccc(F)cc3C(F)(F)F)CC2)c2c1CCC2. The minimum Gasteiger partial charge on any atom is -0.355 e. The van der Waals surface area contributed by atoms with Crippen molar-refractivity contribution in [2.45, 2.75) is 153 Å². The molecule has 0 radical (unpaired) electrons. The highest BCUT2D eigenvalue weighted by molar-refractivity contribution is 6.00. The smallest absolute Gasteiger partial charge is 0.355 e. The summed E-state index contributed by atoms with van der Waals surface area (Å²) in [4.78, 5) is 65.8. The molecule has 0 unspecified atom stereocenters. The first-order valence-corrected chi connectivity index (χ1v) is 46.9. The Bertz CT molecular complexity index is 6930. The Morgan fingerprint density at radius 1 is 0.336 bits per heavy atom. The van der Waals surface area contributed by atoms with Gasteiger partial charge in [0.2, 0.25) is 0 Å². The van der Waals surface area contributed by atoms with Crippen molar-refractivity contribution in [3.05, 3.63) is 219 Å². The van der Waals surface area contributed by atoms with E-state index in [4.69, 9.17) is 0 Å². The fourth-order valence-corrected chi connectivity index (χ4v) is 19.1. The summed E-state index contributed by atoms with van der Waals surface area (Å²) in [6, 6.07) is 14.4. The predicted octanol–water partition coefficient (Wildman–Crippen LogP) is 18.1. The van der Waals surface area contributed by atoms with Gasteiger partial charge in [-0.3, -0.25) is 23.7 Å². The number of fused-ring (bicyclic) bond motifs is 3. The number of nitrogens with zero attached hydrogens (tertiary/aromatic N) is 23. The summed E-state index contributed by atoms with van der Waals surface area (Å²) in [6.07, 6.45) is 1.62. The zero-order valence-corrected chi connectivity index (χ0v) is 80.1. The van der Waals surface area contributed by atoms with Gasteiger partial charge in [-0.15, -0.1) is 40.8 Å². The fourth-order valence-electron chi connectivity index (χ4n) is 19.1. The lowest BCUT2D eigenvalue weighted by Gasteiger charge is -2.37. The highest BCUT2D eigenvalue weighted by atomic mass is 19.4. The third-order valence-corrected chi connectivity index (χ3v) is 27.0. The molecule has 0 atom stereocenters. The van der Waals surface area contributed by atoms with Gasteiger partial charge in [0.25, 0.3) is 0 Å². The number of amides is 8. The van der Waals surface area contributed by atoms with Crippen LogP contribution in [0.4, 0.5) is 135 Å². The van der Waals surface area contributed by atoms with E-state index in [1.807, 2.05) is 72.4 Å². The first-order chi connectivity index (χ1) is 69.5. The lowest BCUT2D eigenvalue weighted by Crippen LogP contribution is -2.47. The average Bonchev–Trinajstić information content (AvgIpc) is 1.66. The number of carbonyl (C=O) groups excluding carboxylic acids is 4. The molecule has 13 heterocycles. The summed E-state index contributed by atoms with van der Waals surface area (Å²) in [5.74, 6) is -0.948. The number of nitrogens with one attached hydrogen (secondary N) is 6. The van der Waals surface area contributed by atoms with Crippen LogP contribution in [0.2, 0.25) is 0 Å². The summed E-state index contributed by atoms with van der Waals surface area (Å²) in [5, 5.41) is 69.0. The molecule has 770 valence electrons. The molecular weight excluding hydrogens is 1940 g/mol. The van der Waals surface area contributed by atoms with Crippen molar-refractivity contribution in [3.63, 3.8) is 0 Å². The van der Waals surface area contributed by atoms with E-state index in [2.05, 4.69) is 118 Å². The molecule has 49 heteroatoms. The van der Waals surface area contributed by atoms with E-state index >= 15 is 0 Å². The van der Waals surface area contributed by atoms with Crippen molar-refractivity contribution in [1.29, 1.82) is 0 Å².